The molecule has 0 saturated carbocycles. The predicted octanol–water partition coefficient (Wildman–Crippen LogP) is 3.87. The molecule has 1 saturated heterocycles. The van der Waals surface area contributed by atoms with Crippen molar-refractivity contribution in [3.05, 3.63) is 33.8 Å². The van der Waals surface area contributed by atoms with E-state index in [1.54, 1.807) is 0 Å². The zero-order valence-electron chi connectivity index (χ0n) is 8.83. The maximum atomic E-state index is 5.99. The second-order valence-corrected chi connectivity index (χ2v) is 5.62. The van der Waals surface area contributed by atoms with Gasteiger partial charge in [0.1, 0.15) is 0 Å². The Balaban J connectivity index is 2.05. The number of rotatable bonds is 2. The van der Waals surface area contributed by atoms with Gasteiger partial charge in [-0.3, -0.25) is 0 Å². The zero-order valence-corrected chi connectivity index (χ0v) is 11.2. The van der Waals surface area contributed by atoms with Gasteiger partial charge in [0.05, 0.1) is 16.7 Å². The van der Waals surface area contributed by atoms with Gasteiger partial charge in [0.2, 0.25) is 0 Å². The molecule has 0 radical (unpaired) electrons. The first-order chi connectivity index (χ1) is 7.66. The van der Waals surface area contributed by atoms with Gasteiger partial charge in [0, 0.05) is 11.9 Å². The average molecular weight is 277 g/mol. The SMILES string of the molecule is S[C@@H]1CCOC[C@@H]1Cc1ccc(Cl)c(Cl)c1. The molecule has 88 valence electrons. The summed E-state index contributed by atoms with van der Waals surface area (Å²) in [5, 5.41) is 1.64. The van der Waals surface area contributed by atoms with Crippen molar-refractivity contribution in [2.45, 2.75) is 18.1 Å². The Labute approximate surface area is 111 Å². The summed E-state index contributed by atoms with van der Waals surface area (Å²) in [6.07, 6.45) is 1.97. The minimum absolute atomic E-state index is 0.420. The van der Waals surface area contributed by atoms with Crippen molar-refractivity contribution in [2.75, 3.05) is 13.2 Å². The Hall–Kier alpha value is 0.110. The summed E-state index contributed by atoms with van der Waals surface area (Å²) in [4.78, 5) is 0. The number of hydrogen-bond donors (Lipinski definition) is 1. The third-order valence-electron chi connectivity index (χ3n) is 2.92. The summed E-state index contributed by atoms with van der Waals surface area (Å²) in [7, 11) is 0. The van der Waals surface area contributed by atoms with E-state index in [1.165, 1.54) is 5.56 Å². The molecule has 16 heavy (non-hydrogen) atoms. The lowest BCUT2D eigenvalue weighted by Crippen LogP contribution is -2.29. The summed E-state index contributed by atoms with van der Waals surface area (Å²) in [6, 6.07) is 5.79. The Morgan fingerprint density at radius 2 is 2.12 bits per heavy atom. The lowest BCUT2D eigenvalue weighted by atomic mass is 9.94. The summed E-state index contributed by atoms with van der Waals surface area (Å²) < 4.78 is 5.47. The van der Waals surface area contributed by atoms with Crippen LogP contribution in [0.25, 0.3) is 0 Å². The molecule has 1 nitrogen and oxygen atoms in total. The molecule has 2 rings (SSSR count). The molecule has 1 aromatic rings. The van der Waals surface area contributed by atoms with Gasteiger partial charge in [-0.05, 0) is 36.5 Å². The number of ether oxygens (including phenoxy) is 1. The smallest absolute Gasteiger partial charge is 0.0595 e. The highest BCUT2D eigenvalue weighted by atomic mass is 35.5. The first kappa shape index (κ1) is 12.6. The van der Waals surface area contributed by atoms with Gasteiger partial charge in [0.25, 0.3) is 0 Å². The Bertz CT molecular complexity index is 370. The zero-order chi connectivity index (χ0) is 11.5. The second-order valence-electron chi connectivity index (χ2n) is 4.14. The van der Waals surface area contributed by atoms with Gasteiger partial charge in [0.15, 0.2) is 0 Å². The number of benzene rings is 1. The molecule has 0 amide bonds. The highest BCUT2D eigenvalue weighted by molar-refractivity contribution is 7.81. The maximum Gasteiger partial charge on any atom is 0.0595 e. The van der Waals surface area contributed by atoms with Gasteiger partial charge < -0.3 is 4.74 Å². The molecule has 2 atom stereocenters. The molecule has 0 unspecified atom stereocenters. The van der Waals surface area contributed by atoms with Crippen LogP contribution in [-0.2, 0) is 11.2 Å². The number of halogens is 2. The molecule has 1 aliphatic rings. The van der Waals surface area contributed by atoms with E-state index in [-0.39, 0.29) is 0 Å². The normalized spacial score (nSPS) is 25.7. The molecule has 1 aromatic carbocycles. The van der Waals surface area contributed by atoms with Crippen molar-refractivity contribution in [3.8, 4) is 0 Å². The van der Waals surface area contributed by atoms with E-state index < -0.39 is 0 Å². The molecule has 0 N–H and O–H groups in total. The molecule has 0 aliphatic carbocycles. The Morgan fingerprint density at radius 1 is 1.31 bits per heavy atom. The minimum Gasteiger partial charge on any atom is -0.381 e. The van der Waals surface area contributed by atoms with Crippen LogP contribution in [0.2, 0.25) is 10.0 Å². The highest BCUT2D eigenvalue weighted by Crippen LogP contribution is 2.27. The first-order valence-electron chi connectivity index (χ1n) is 5.36. The molecule has 1 heterocycles. The molecule has 1 aliphatic heterocycles. The quantitative estimate of drug-likeness (QED) is 0.807. The largest absolute Gasteiger partial charge is 0.381 e. The van der Waals surface area contributed by atoms with Gasteiger partial charge in [-0.1, -0.05) is 29.3 Å². The van der Waals surface area contributed by atoms with Crippen LogP contribution >= 0.6 is 35.8 Å². The van der Waals surface area contributed by atoms with E-state index in [9.17, 15) is 0 Å². The predicted molar refractivity (Wildman–Crippen MR) is 71.9 cm³/mol. The number of thiol groups is 1. The standard InChI is InChI=1S/C12H14Cl2OS/c13-10-2-1-8(6-11(10)14)5-9-7-15-4-3-12(9)16/h1-2,6,9,12,16H,3-5,7H2/t9-,12+/m0/s1. The molecule has 4 heteroatoms. The lowest BCUT2D eigenvalue weighted by Gasteiger charge is -2.28. The van der Waals surface area contributed by atoms with Crippen molar-refractivity contribution >= 4 is 35.8 Å². The summed E-state index contributed by atoms with van der Waals surface area (Å²) in [5.41, 5.74) is 1.20. The van der Waals surface area contributed by atoms with E-state index >= 15 is 0 Å². The van der Waals surface area contributed by atoms with Gasteiger partial charge in [-0.25, -0.2) is 0 Å². The monoisotopic (exact) mass is 276 g/mol. The van der Waals surface area contributed by atoms with Crippen molar-refractivity contribution in [1.82, 2.24) is 0 Å². The molecule has 0 spiro atoms. The van der Waals surface area contributed by atoms with Gasteiger partial charge in [-0.2, -0.15) is 12.6 Å². The Kier molecular flexibility index (Phi) is 4.42. The van der Waals surface area contributed by atoms with Crippen LogP contribution in [0.4, 0.5) is 0 Å². The van der Waals surface area contributed by atoms with Crippen molar-refractivity contribution < 1.29 is 4.74 Å². The van der Waals surface area contributed by atoms with Gasteiger partial charge >= 0.3 is 0 Å². The van der Waals surface area contributed by atoms with Crippen molar-refractivity contribution in [2.24, 2.45) is 5.92 Å². The second kappa shape index (κ2) is 5.63. The van der Waals surface area contributed by atoms with E-state index in [0.29, 0.717) is 21.2 Å². The van der Waals surface area contributed by atoms with Crippen molar-refractivity contribution in [3.63, 3.8) is 0 Å². The van der Waals surface area contributed by atoms with Crippen LogP contribution in [0.3, 0.4) is 0 Å². The molecule has 0 aromatic heterocycles. The first-order valence-corrected chi connectivity index (χ1v) is 6.64. The maximum absolute atomic E-state index is 5.99. The summed E-state index contributed by atoms with van der Waals surface area (Å²) in [5.74, 6) is 0.467. The third kappa shape index (κ3) is 3.07. The Morgan fingerprint density at radius 3 is 2.81 bits per heavy atom. The van der Waals surface area contributed by atoms with E-state index in [4.69, 9.17) is 27.9 Å². The fourth-order valence-electron chi connectivity index (χ4n) is 1.95. The molecular weight excluding hydrogens is 263 g/mol. The van der Waals surface area contributed by atoms with Gasteiger partial charge in [-0.15, -0.1) is 0 Å². The van der Waals surface area contributed by atoms with Crippen LogP contribution in [0.1, 0.15) is 12.0 Å². The average Bonchev–Trinajstić information content (AvgIpc) is 2.27. The molecule has 0 bridgehead atoms. The third-order valence-corrected chi connectivity index (χ3v) is 4.33. The molecular formula is C12H14Cl2OS. The van der Waals surface area contributed by atoms with Crippen molar-refractivity contribution in [1.29, 1.82) is 0 Å². The van der Waals surface area contributed by atoms with Crippen LogP contribution < -0.4 is 0 Å². The van der Waals surface area contributed by atoms with Crippen LogP contribution in [0, 0.1) is 5.92 Å². The fraction of sp³-hybridized carbons (Fsp3) is 0.500. The minimum atomic E-state index is 0.420. The highest BCUT2D eigenvalue weighted by Gasteiger charge is 2.22. The van der Waals surface area contributed by atoms with E-state index in [0.717, 1.165) is 26.1 Å². The molecule has 1 fully saturated rings. The van der Waals surface area contributed by atoms with E-state index in [2.05, 4.69) is 12.6 Å². The fourth-order valence-corrected chi connectivity index (χ4v) is 2.57. The number of hydrogen-bond acceptors (Lipinski definition) is 2. The summed E-state index contributed by atoms with van der Waals surface area (Å²) >= 11 is 16.5. The van der Waals surface area contributed by atoms with Crippen LogP contribution in [0.15, 0.2) is 18.2 Å². The van der Waals surface area contributed by atoms with Crippen LogP contribution in [0.5, 0.6) is 0 Å². The lowest BCUT2D eigenvalue weighted by molar-refractivity contribution is 0.0596. The van der Waals surface area contributed by atoms with E-state index in [1.807, 2.05) is 18.2 Å². The summed E-state index contributed by atoms with van der Waals surface area (Å²) in [6.45, 7) is 1.61. The topological polar surface area (TPSA) is 9.23 Å². The van der Waals surface area contributed by atoms with Crippen LogP contribution in [-0.4, -0.2) is 18.5 Å².